The maximum atomic E-state index is 14.6. The predicted molar refractivity (Wildman–Crippen MR) is 109 cm³/mol. The maximum Gasteiger partial charge on any atom is 0.228 e. The van der Waals surface area contributed by atoms with Crippen LogP contribution >= 0.6 is 28.1 Å². The molecule has 1 aromatic carbocycles. The Morgan fingerprint density at radius 1 is 1.31 bits per heavy atom. The molecule has 4 nitrogen and oxygen atoms in total. The quantitative estimate of drug-likeness (QED) is 0.475. The molecule has 1 aromatic heterocycles. The Bertz CT molecular complexity index is 1030. The van der Waals surface area contributed by atoms with E-state index >= 15 is 0 Å². The van der Waals surface area contributed by atoms with Gasteiger partial charge >= 0.3 is 0 Å². The predicted octanol–water partition coefficient (Wildman–Crippen LogP) is 4.30. The van der Waals surface area contributed by atoms with Crippen LogP contribution in [0.5, 0.6) is 0 Å². The van der Waals surface area contributed by atoms with E-state index in [1.807, 2.05) is 4.57 Å². The van der Waals surface area contributed by atoms with E-state index in [-0.39, 0.29) is 34.2 Å². The number of fused-ring (bicyclic) bond motifs is 1. The van der Waals surface area contributed by atoms with E-state index in [4.69, 9.17) is 12.2 Å². The summed E-state index contributed by atoms with van der Waals surface area (Å²) in [7, 11) is 1.81. The number of aromatic nitrogens is 2. The Morgan fingerprint density at radius 2 is 2.07 bits per heavy atom. The number of carbonyl (C=O) groups is 1. The van der Waals surface area contributed by atoms with Crippen LogP contribution in [0.1, 0.15) is 29.3 Å². The molecule has 0 aliphatic carbocycles. The first kappa shape index (κ1) is 20.7. The minimum Gasteiger partial charge on any atom is -0.342 e. The lowest BCUT2D eigenvalue weighted by molar-refractivity contribution is -0.129. The zero-order valence-electron chi connectivity index (χ0n) is 15.9. The summed E-state index contributed by atoms with van der Waals surface area (Å²) in [5.41, 5.74) is 1.65. The first-order valence-electron chi connectivity index (χ1n) is 9.56. The van der Waals surface area contributed by atoms with Crippen molar-refractivity contribution in [1.29, 1.82) is 0 Å². The van der Waals surface area contributed by atoms with Crippen molar-refractivity contribution in [3.63, 3.8) is 0 Å². The average Bonchev–Trinajstić information content (AvgIpc) is 3.39. The molecule has 3 heterocycles. The van der Waals surface area contributed by atoms with E-state index in [0.29, 0.717) is 37.2 Å². The number of benzene rings is 1. The molecule has 2 aliphatic rings. The highest BCUT2D eigenvalue weighted by atomic mass is 79.9. The van der Waals surface area contributed by atoms with E-state index < -0.39 is 18.3 Å². The number of hydrogen-bond acceptors (Lipinski definition) is 2. The zero-order valence-corrected chi connectivity index (χ0v) is 18.3. The molecule has 2 aliphatic heterocycles. The first-order valence-corrected chi connectivity index (χ1v) is 10.8. The summed E-state index contributed by atoms with van der Waals surface area (Å²) in [5, 5.41) is 0. The Hall–Kier alpha value is -1.61. The van der Waals surface area contributed by atoms with Crippen molar-refractivity contribution < 1.29 is 18.0 Å². The van der Waals surface area contributed by atoms with Crippen LogP contribution in [0, 0.1) is 22.3 Å². The fourth-order valence-electron chi connectivity index (χ4n) is 4.47. The summed E-state index contributed by atoms with van der Waals surface area (Å²) >= 11 is 8.64. The summed E-state index contributed by atoms with van der Waals surface area (Å²) in [4.78, 5) is 14.5. The minimum absolute atomic E-state index is 0.0442. The smallest absolute Gasteiger partial charge is 0.228 e. The lowest BCUT2D eigenvalue weighted by Gasteiger charge is -2.17. The highest BCUT2D eigenvalue weighted by Crippen LogP contribution is 2.37. The van der Waals surface area contributed by atoms with Crippen LogP contribution in [-0.4, -0.2) is 39.7 Å². The molecular formula is C20H21BrF3N3OS. The molecule has 0 saturated carbocycles. The van der Waals surface area contributed by atoms with Gasteiger partial charge in [-0.05, 0) is 53.1 Å². The Morgan fingerprint density at radius 3 is 2.76 bits per heavy atom. The highest BCUT2D eigenvalue weighted by Gasteiger charge is 2.34. The molecule has 0 spiro atoms. The van der Waals surface area contributed by atoms with E-state index in [1.165, 1.54) is 12.1 Å². The third-order valence-corrected chi connectivity index (χ3v) is 7.19. The van der Waals surface area contributed by atoms with Gasteiger partial charge in [0.25, 0.3) is 0 Å². The molecular weight excluding hydrogens is 467 g/mol. The number of carbonyl (C=O) groups excluding carboxylic acids is 1. The number of likely N-dealkylation sites (tertiary alicyclic amines) is 1. The van der Waals surface area contributed by atoms with Gasteiger partial charge in [-0.25, -0.2) is 8.78 Å². The van der Waals surface area contributed by atoms with Crippen molar-refractivity contribution in [2.45, 2.75) is 31.7 Å². The van der Waals surface area contributed by atoms with Crippen LogP contribution in [0.25, 0.3) is 0 Å². The van der Waals surface area contributed by atoms with E-state index in [1.54, 1.807) is 16.5 Å². The van der Waals surface area contributed by atoms with Crippen LogP contribution < -0.4 is 0 Å². The molecule has 4 rings (SSSR count). The zero-order chi connectivity index (χ0) is 20.9. The van der Waals surface area contributed by atoms with Crippen molar-refractivity contribution in [1.82, 2.24) is 14.0 Å². The van der Waals surface area contributed by atoms with Crippen LogP contribution in [0.4, 0.5) is 13.2 Å². The summed E-state index contributed by atoms with van der Waals surface area (Å²) in [6.07, 6.45) is 1.24. The van der Waals surface area contributed by atoms with E-state index in [0.717, 1.165) is 11.4 Å². The second-order valence-corrected chi connectivity index (χ2v) is 9.05. The van der Waals surface area contributed by atoms with Gasteiger partial charge in [0.2, 0.25) is 5.91 Å². The van der Waals surface area contributed by atoms with Gasteiger partial charge in [0.1, 0.15) is 11.6 Å². The Balaban J connectivity index is 1.61. The van der Waals surface area contributed by atoms with Crippen LogP contribution in [0.3, 0.4) is 0 Å². The summed E-state index contributed by atoms with van der Waals surface area (Å²) in [5.74, 6) is -1.72. The molecule has 1 fully saturated rings. The number of alkyl halides is 1. The third-order valence-electron chi connectivity index (χ3n) is 6.09. The van der Waals surface area contributed by atoms with Gasteiger partial charge in [-0.15, -0.1) is 0 Å². The van der Waals surface area contributed by atoms with Crippen LogP contribution in [0.15, 0.2) is 16.6 Å². The van der Waals surface area contributed by atoms with Crippen molar-refractivity contribution in [3.05, 3.63) is 50.0 Å². The van der Waals surface area contributed by atoms with Crippen molar-refractivity contribution in [2.75, 3.05) is 19.8 Å². The standard InChI is InChI=1S/C20H21BrF3N3OS/c1-25-15(7-17(28)26-5-4-11(8-22)9-26)16-6-12(10-27(16)20(25)29)18-14(23)3-2-13(21)19(18)24/h2-3,11-12H,4-10H2,1H3/t11?,12-/m1/s1. The third kappa shape index (κ3) is 3.56. The molecule has 0 N–H and O–H groups in total. The fraction of sp³-hybridized carbons (Fsp3) is 0.500. The molecule has 1 saturated heterocycles. The summed E-state index contributed by atoms with van der Waals surface area (Å²) in [6, 6.07) is 2.61. The van der Waals surface area contributed by atoms with E-state index in [2.05, 4.69) is 15.9 Å². The molecule has 0 bridgehead atoms. The second kappa shape index (κ2) is 7.91. The van der Waals surface area contributed by atoms with Gasteiger partial charge in [-0.1, -0.05) is 0 Å². The van der Waals surface area contributed by atoms with E-state index in [9.17, 15) is 18.0 Å². The Kier molecular flexibility index (Phi) is 5.63. The Labute approximate surface area is 180 Å². The maximum absolute atomic E-state index is 14.6. The number of amides is 1. The molecule has 9 heteroatoms. The molecule has 29 heavy (non-hydrogen) atoms. The molecule has 1 unspecified atom stereocenters. The molecule has 1 amide bonds. The number of halogens is 4. The normalized spacial score (nSPS) is 21.1. The first-order chi connectivity index (χ1) is 13.8. The van der Waals surface area contributed by atoms with Crippen LogP contribution in [-0.2, 0) is 31.2 Å². The number of hydrogen-bond donors (Lipinski definition) is 0. The van der Waals surface area contributed by atoms with Crippen molar-refractivity contribution in [2.24, 2.45) is 13.0 Å². The second-order valence-electron chi connectivity index (χ2n) is 7.83. The van der Waals surface area contributed by atoms with Gasteiger partial charge in [0.05, 0.1) is 17.6 Å². The fourth-order valence-corrected chi connectivity index (χ4v) is 5.11. The van der Waals surface area contributed by atoms with Gasteiger partial charge in [-0.2, -0.15) is 0 Å². The molecule has 2 aromatic rings. The molecule has 0 radical (unpaired) electrons. The van der Waals surface area contributed by atoms with Crippen LogP contribution in [0.2, 0.25) is 0 Å². The SMILES string of the molecule is Cn1c(CC(=O)N2CCC(CF)C2)c2n(c1=S)C[C@H](c1c(F)ccc(Br)c1F)C2. The topological polar surface area (TPSA) is 30.2 Å². The van der Waals surface area contributed by atoms with Gasteiger partial charge in [0.15, 0.2) is 4.77 Å². The monoisotopic (exact) mass is 487 g/mol. The largest absolute Gasteiger partial charge is 0.342 e. The highest BCUT2D eigenvalue weighted by molar-refractivity contribution is 9.10. The average molecular weight is 488 g/mol. The molecule has 2 atom stereocenters. The lowest BCUT2D eigenvalue weighted by Crippen LogP contribution is -2.31. The van der Waals surface area contributed by atoms with Crippen molar-refractivity contribution in [3.8, 4) is 0 Å². The summed E-state index contributed by atoms with van der Waals surface area (Å²) in [6.45, 7) is 0.951. The van der Waals surface area contributed by atoms with Gasteiger partial charge < -0.3 is 14.0 Å². The lowest BCUT2D eigenvalue weighted by atomic mass is 9.95. The molecule has 156 valence electrons. The summed E-state index contributed by atoms with van der Waals surface area (Å²) < 4.78 is 46.3. The van der Waals surface area contributed by atoms with Gasteiger partial charge in [-0.3, -0.25) is 9.18 Å². The number of imidazole rings is 1. The number of rotatable bonds is 4. The van der Waals surface area contributed by atoms with Crippen molar-refractivity contribution >= 4 is 34.1 Å². The number of nitrogens with zero attached hydrogens (tertiary/aromatic N) is 3. The van der Waals surface area contributed by atoms with Gasteiger partial charge in [0, 0.05) is 55.5 Å². The minimum atomic E-state index is -0.594.